The zero-order valence-electron chi connectivity index (χ0n) is 15.0. The number of aliphatic imine (C=N–C) groups is 1. The molecule has 0 unspecified atom stereocenters. The summed E-state index contributed by atoms with van der Waals surface area (Å²) in [7, 11) is 3.44. The first-order chi connectivity index (χ1) is 12.2. The van der Waals surface area contributed by atoms with Gasteiger partial charge in [-0.1, -0.05) is 34.1 Å². The monoisotopic (exact) mass is 533 g/mol. The molecule has 7 heteroatoms. The number of hydrogen-bond donors (Lipinski definition) is 2. The lowest BCUT2D eigenvalue weighted by Crippen LogP contribution is -2.30. The molecular weight excluding hydrogens is 509 g/mol. The summed E-state index contributed by atoms with van der Waals surface area (Å²) in [5, 5.41) is 6.58. The zero-order valence-corrected chi connectivity index (χ0v) is 18.9. The van der Waals surface area contributed by atoms with E-state index in [1.165, 1.54) is 5.56 Å². The van der Waals surface area contributed by atoms with E-state index < -0.39 is 0 Å². The van der Waals surface area contributed by atoms with Crippen molar-refractivity contribution in [3.63, 3.8) is 0 Å². The maximum atomic E-state index is 5.72. The lowest BCUT2D eigenvalue weighted by atomic mass is 10.2. The average Bonchev–Trinajstić information content (AvgIpc) is 2.64. The van der Waals surface area contributed by atoms with Gasteiger partial charge in [0.1, 0.15) is 5.75 Å². The summed E-state index contributed by atoms with van der Waals surface area (Å²) >= 11 is 3.44. The van der Waals surface area contributed by atoms with Crippen LogP contribution in [0.4, 0.5) is 5.69 Å². The van der Waals surface area contributed by atoms with Crippen molar-refractivity contribution in [2.45, 2.75) is 13.0 Å². The lowest BCUT2D eigenvalue weighted by molar-refractivity contribution is 0.172. The second-order valence-electron chi connectivity index (χ2n) is 5.40. The van der Waals surface area contributed by atoms with E-state index in [4.69, 9.17) is 9.47 Å². The number of anilines is 1. The molecule has 5 nitrogen and oxygen atoms in total. The summed E-state index contributed by atoms with van der Waals surface area (Å²) in [6, 6.07) is 16.0. The third-order valence-electron chi connectivity index (χ3n) is 3.46. The van der Waals surface area contributed by atoms with Crippen LogP contribution >= 0.6 is 39.9 Å². The molecule has 0 aliphatic heterocycles. The highest BCUT2D eigenvalue weighted by Crippen LogP contribution is 2.17. The molecule has 0 radical (unpaired) electrons. The molecule has 0 saturated carbocycles. The van der Waals surface area contributed by atoms with Crippen molar-refractivity contribution >= 4 is 51.6 Å². The first-order valence-corrected chi connectivity index (χ1v) is 8.94. The number of nitrogens with one attached hydrogen (secondary N) is 2. The molecule has 0 aromatic heterocycles. The van der Waals surface area contributed by atoms with Gasteiger partial charge in [-0.2, -0.15) is 0 Å². The molecule has 0 amide bonds. The molecule has 0 saturated heterocycles. The highest BCUT2D eigenvalue weighted by atomic mass is 127. The maximum absolute atomic E-state index is 5.72. The molecule has 0 aliphatic rings. The standard InChI is InChI=1S/C19H24BrN3O2.HI/c1-21-19(22-14-15-7-9-16(20)10-8-15)23-17-5-3-6-18(13-17)25-12-4-11-24-2;/h3,5-10,13H,4,11-12,14H2,1-2H3,(H2,21,22,23);1H. The molecule has 0 aliphatic carbocycles. The number of halogens is 2. The molecular formula is C19H25BrIN3O2. The normalized spacial score (nSPS) is 10.8. The van der Waals surface area contributed by atoms with Gasteiger partial charge in [-0.25, -0.2) is 0 Å². The Morgan fingerprint density at radius 1 is 1.12 bits per heavy atom. The fourth-order valence-electron chi connectivity index (χ4n) is 2.16. The quantitative estimate of drug-likeness (QED) is 0.224. The van der Waals surface area contributed by atoms with Crippen LogP contribution in [0.2, 0.25) is 0 Å². The van der Waals surface area contributed by atoms with E-state index in [0.29, 0.717) is 25.7 Å². The highest BCUT2D eigenvalue weighted by Gasteiger charge is 2.02. The number of rotatable bonds is 8. The van der Waals surface area contributed by atoms with Crippen molar-refractivity contribution in [1.82, 2.24) is 5.32 Å². The van der Waals surface area contributed by atoms with E-state index in [0.717, 1.165) is 22.3 Å². The van der Waals surface area contributed by atoms with Crippen LogP contribution in [0.3, 0.4) is 0 Å². The van der Waals surface area contributed by atoms with E-state index in [1.807, 2.05) is 36.4 Å². The van der Waals surface area contributed by atoms with E-state index in [9.17, 15) is 0 Å². The Morgan fingerprint density at radius 2 is 1.88 bits per heavy atom. The van der Waals surface area contributed by atoms with Crippen molar-refractivity contribution in [3.8, 4) is 5.75 Å². The number of nitrogens with zero attached hydrogens (tertiary/aromatic N) is 1. The fourth-order valence-corrected chi connectivity index (χ4v) is 2.43. The summed E-state index contributed by atoms with van der Waals surface area (Å²) < 4.78 is 11.8. The second kappa shape index (κ2) is 12.9. The minimum absolute atomic E-state index is 0. The van der Waals surface area contributed by atoms with E-state index in [-0.39, 0.29) is 24.0 Å². The molecule has 0 atom stereocenters. The number of ether oxygens (including phenoxy) is 2. The Hall–Kier alpha value is -1.32. The third kappa shape index (κ3) is 8.37. The van der Waals surface area contributed by atoms with Crippen LogP contribution in [0.15, 0.2) is 58.0 Å². The van der Waals surface area contributed by atoms with Gasteiger partial charge < -0.3 is 20.1 Å². The fraction of sp³-hybridized carbons (Fsp3) is 0.316. The molecule has 2 aromatic rings. The Kier molecular flexibility index (Phi) is 11.3. The van der Waals surface area contributed by atoms with Crippen LogP contribution in [0.25, 0.3) is 0 Å². The van der Waals surface area contributed by atoms with Crippen molar-refractivity contribution in [1.29, 1.82) is 0 Å². The molecule has 2 N–H and O–H groups in total. The molecule has 142 valence electrons. The van der Waals surface area contributed by atoms with Crippen LogP contribution in [0.5, 0.6) is 5.75 Å². The summed E-state index contributed by atoms with van der Waals surface area (Å²) in [5.74, 6) is 1.53. The summed E-state index contributed by atoms with van der Waals surface area (Å²) in [6.45, 7) is 2.03. The summed E-state index contributed by atoms with van der Waals surface area (Å²) in [4.78, 5) is 4.26. The van der Waals surface area contributed by atoms with E-state index in [1.54, 1.807) is 14.2 Å². The Morgan fingerprint density at radius 3 is 2.58 bits per heavy atom. The number of guanidine groups is 1. The van der Waals surface area contributed by atoms with Gasteiger partial charge in [0.15, 0.2) is 5.96 Å². The molecule has 0 bridgehead atoms. The van der Waals surface area contributed by atoms with Crippen molar-refractivity contribution in [2.75, 3.05) is 32.7 Å². The van der Waals surface area contributed by atoms with Gasteiger partial charge in [0, 0.05) is 50.0 Å². The van der Waals surface area contributed by atoms with Gasteiger partial charge in [0.25, 0.3) is 0 Å². The van der Waals surface area contributed by atoms with Crippen LogP contribution in [0, 0.1) is 0 Å². The van der Waals surface area contributed by atoms with Crippen molar-refractivity contribution in [2.24, 2.45) is 4.99 Å². The largest absolute Gasteiger partial charge is 0.493 e. The molecule has 2 rings (SSSR count). The molecule has 2 aromatic carbocycles. The Labute approximate surface area is 180 Å². The van der Waals surface area contributed by atoms with Crippen molar-refractivity contribution < 1.29 is 9.47 Å². The first kappa shape index (κ1) is 22.7. The van der Waals surface area contributed by atoms with E-state index in [2.05, 4.69) is 43.7 Å². The van der Waals surface area contributed by atoms with Crippen LogP contribution in [0.1, 0.15) is 12.0 Å². The van der Waals surface area contributed by atoms with Gasteiger partial charge >= 0.3 is 0 Å². The predicted octanol–water partition coefficient (Wildman–Crippen LogP) is 4.67. The molecule has 0 heterocycles. The van der Waals surface area contributed by atoms with Crippen molar-refractivity contribution in [3.05, 3.63) is 58.6 Å². The van der Waals surface area contributed by atoms with Gasteiger partial charge in [-0.05, 0) is 29.8 Å². The maximum Gasteiger partial charge on any atom is 0.195 e. The van der Waals surface area contributed by atoms with Crippen LogP contribution in [-0.4, -0.2) is 33.3 Å². The highest BCUT2D eigenvalue weighted by molar-refractivity contribution is 14.0. The van der Waals surface area contributed by atoms with E-state index >= 15 is 0 Å². The average molecular weight is 534 g/mol. The predicted molar refractivity (Wildman–Crippen MR) is 122 cm³/mol. The molecule has 0 fully saturated rings. The lowest BCUT2D eigenvalue weighted by Gasteiger charge is -2.13. The van der Waals surface area contributed by atoms with Gasteiger partial charge in [0.2, 0.25) is 0 Å². The Balaban J connectivity index is 0.00000338. The Bertz CT molecular complexity index is 681. The summed E-state index contributed by atoms with van der Waals surface area (Å²) in [6.07, 6.45) is 0.866. The number of methoxy groups -OCH3 is 1. The minimum Gasteiger partial charge on any atom is -0.493 e. The van der Waals surface area contributed by atoms with Gasteiger partial charge in [-0.3, -0.25) is 4.99 Å². The van der Waals surface area contributed by atoms with Gasteiger partial charge in [-0.15, -0.1) is 24.0 Å². The topological polar surface area (TPSA) is 54.9 Å². The van der Waals surface area contributed by atoms with Gasteiger partial charge in [0.05, 0.1) is 6.61 Å². The molecule has 0 spiro atoms. The second-order valence-corrected chi connectivity index (χ2v) is 6.32. The first-order valence-electron chi connectivity index (χ1n) is 8.15. The van der Waals surface area contributed by atoms with Crippen LogP contribution in [-0.2, 0) is 11.3 Å². The smallest absolute Gasteiger partial charge is 0.195 e. The minimum atomic E-state index is 0. The summed E-state index contributed by atoms with van der Waals surface area (Å²) in [5.41, 5.74) is 2.11. The SMILES string of the molecule is CN=C(NCc1ccc(Br)cc1)Nc1cccc(OCCCOC)c1.I. The number of benzene rings is 2. The third-order valence-corrected chi connectivity index (χ3v) is 3.98. The number of hydrogen-bond acceptors (Lipinski definition) is 3. The molecule has 26 heavy (non-hydrogen) atoms. The van der Waals surface area contributed by atoms with Crippen LogP contribution < -0.4 is 15.4 Å². The zero-order chi connectivity index (χ0) is 17.9.